The first-order chi connectivity index (χ1) is 43.8. The van der Waals surface area contributed by atoms with E-state index in [0.29, 0.717) is 12.8 Å². The Kier molecular flexibility index (Phi) is 46.5. The maximum atomic E-state index is 13.4. The fourth-order valence-electron chi connectivity index (χ4n) is 10.8. The van der Waals surface area contributed by atoms with Crippen molar-refractivity contribution in [3.05, 3.63) is 109 Å². The predicted molar refractivity (Wildman–Crippen MR) is 350 cm³/mol. The Bertz CT molecular complexity index is 2060. The molecule has 0 saturated carbocycles. The summed E-state index contributed by atoms with van der Waals surface area (Å²) < 4.78 is 34.3. The lowest BCUT2D eigenvalue weighted by Gasteiger charge is -2.48. The van der Waals surface area contributed by atoms with E-state index >= 15 is 0 Å². The molecule has 12 N–H and O–H groups in total. The van der Waals surface area contributed by atoms with Gasteiger partial charge in [0.1, 0.15) is 73.2 Å². The molecule has 0 aromatic heterocycles. The first-order valence-corrected chi connectivity index (χ1v) is 34.1. The van der Waals surface area contributed by atoms with Crippen molar-refractivity contribution in [3.8, 4) is 0 Å². The summed E-state index contributed by atoms with van der Waals surface area (Å²) in [5, 5.41) is 120. The second-order valence-corrected chi connectivity index (χ2v) is 23.9. The van der Waals surface area contributed by atoms with Gasteiger partial charge in [-0.3, -0.25) is 4.79 Å². The Morgan fingerprint density at radius 3 is 1.24 bits per heavy atom. The molecule has 1 amide bonds. The Morgan fingerprint density at radius 1 is 0.411 bits per heavy atom. The molecule has 17 unspecified atom stereocenters. The Hall–Kier alpha value is -3.55. The molecule has 0 aromatic rings. The molecule has 3 heterocycles. The maximum Gasteiger partial charge on any atom is 0.220 e. The standard InChI is InChI=1S/C71H119NO18/c1-3-5-7-9-11-13-15-17-19-21-23-25-27-29-31-33-35-37-39-41-43-45-47-49-59(77)72-54(55(76)48-46-44-42-40-38-36-34-32-30-28-26-24-22-20-18-16-14-12-10-8-6-4-2)53-85-69-65(83)62(80)67(57(51-74)87-69)90-71-66(84)63(81)68(58(52-75)88-71)89-70-64(82)61(79)60(78)56(50-73)86-70/h5,7,11,13,17,19,23,25,29-32,35,37-38,40,46,48,54-58,60-71,73-76,78-84H,3-4,6,8-10,12,14-16,18,20-22,24,26-28,33-34,36,39,41-45,47,49-53H2,1-2H3,(H,72,77)/b7-5-,13-11-,19-17-,25-23-,31-29-,32-30+,37-35-,40-38+,48-46+. The fourth-order valence-corrected chi connectivity index (χ4v) is 10.8. The number of carbonyl (C=O) groups excluding carboxylic acids is 1. The average Bonchev–Trinajstić information content (AvgIpc) is 0.865. The third-order valence-corrected chi connectivity index (χ3v) is 16.3. The van der Waals surface area contributed by atoms with Crippen LogP contribution in [0.5, 0.6) is 0 Å². The number of allylic oxidation sites excluding steroid dienone is 17. The number of rotatable bonds is 50. The predicted octanol–water partition coefficient (Wildman–Crippen LogP) is 8.66. The van der Waals surface area contributed by atoms with Gasteiger partial charge in [-0.1, -0.05) is 207 Å². The monoisotopic (exact) mass is 1270 g/mol. The molecule has 3 saturated heterocycles. The topological polar surface area (TPSA) is 307 Å². The third kappa shape index (κ3) is 33.5. The van der Waals surface area contributed by atoms with Crippen LogP contribution in [0.25, 0.3) is 0 Å². The van der Waals surface area contributed by atoms with Crippen LogP contribution in [0.4, 0.5) is 0 Å². The SMILES string of the molecule is CC/C=C\C/C=C\C/C=C\C/C=C\C/C=C\C/C=C\CCCCCCC(=O)NC(COC1OC(CO)C(OC2OC(CO)C(OC3OC(CO)C(O)C(O)C3O)C(O)C2O)C(O)C1O)C(O)/C=C/CC/C=C/CC/C=C/CCCCCCCCCCCCCC. The molecule has 0 aromatic carbocycles. The van der Waals surface area contributed by atoms with E-state index < -0.39 is 131 Å². The number of unbranched alkanes of at least 4 members (excludes halogenated alkanes) is 18. The highest BCUT2D eigenvalue weighted by Crippen LogP contribution is 2.33. The Balaban J connectivity index is 1.49. The molecule has 516 valence electrons. The number of nitrogens with one attached hydrogen (secondary N) is 1. The number of carbonyl (C=O) groups is 1. The normalized spacial score (nSPS) is 28.7. The van der Waals surface area contributed by atoms with Gasteiger partial charge in [-0.2, -0.15) is 0 Å². The van der Waals surface area contributed by atoms with Crippen LogP contribution in [-0.4, -0.2) is 193 Å². The van der Waals surface area contributed by atoms with Crippen molar-refractivity contribution in [1.29, 1.82) is 0 Å². The van der Waals surface area contributed by atoms with Gasteiger partial charge in [0.15, 0.2) is 18.9 Å². The second-order valence-electron chi connectivity index (χ2n) is 23.9. The molecule has 90 heavy (non-hydrogen) atoms. The smallest absolute Gasteiger partial charge is 0.220 e. The summed E-state index contributed by atoms with van der Waals surface area (Å²) >= 11 is 0. The van der Waals surface area contributed by atoms with E-state index in [1.54, 1.807) is 6.08 Å². The minimum absolute atomic E-state index is 0.195. The lowest BCUT2D eigenvalue weighted by atomic mass is 9.96. The molecule has 0 bridgehead atoms. The molecule has 3 rings (SSSR count). The molecule has 0 spiro atoms. The van der Waals surface area contributed by atoms with Gasteiger partial charge in [0.25, 0.3) is 0 Å². The van der Waals surface area contributed by atoms with Crippen LogP contribution >= 0.6 is 0 Å². The van der Waals surface area contributed by atoms with Gasteiger partial charge in [0, 0.05) is 6.42 Å². The molecule has 3 aliphatic rings. The van der Waals surface area contributed by atoms with Gasteiger partial charge >= 0.3 is 0 Å². The highest BCUT2D eigenvalue weighted by molar-refractivity contribution is 5.76. The van der Waals surface area contributed by atoms with Crippen LogP contribution < -0.4 is 5.32 Å². The van der Waals surface area contributed by atoms with E-state index in [4.69, 9.17) is 28.4 Å². The largest absolute Gasteiger partial charge is 0.394 e. The summed E-state index contributed by atoms with van der Waals surface area (Å²) in [6.07, 6.45) is 42.0. The maximum absolute atomic E-state index is 13.4. The Labute approximate surface area is 538 Å². The number of aliphatic hydroxyl groups is 11. The van der Waals surface area contributed by atoms with E-state index in [0.717, 1.165) is 89.9 Å². The van der Waals surface area contributed by atoms with Gasteiger partial charge in [0.05, 0.1) is 38.6 Å². The highest BCUT2D eigenvalue weighted by atomic mass is 16.8. The number of ether oxygens (including phenoxy) is 6. The van der Waals surface area contributed by atoms with Crippen LogP contribution in [0.15, 0.2) is 109 Å². The molecule has 0 radical (unpaired) electrons. The van der Waals surface area contributed by atoms with Crippen molar-refractivity contribution in [2.24, 2.45) is 0 Å². The van der Waals surface area contributed by atoms with Crippen molar-refractivity contribution < 1.29 is 89.4 Å². The zero-order valence-corrected chi connectivity index (χ0v) is 54.3. The zero-order valence-electron chi connectivity index (χ0n) is 54.3. The summed E-state index contributed by atoms with van der Waals surface area (Å²) in [6, 6.07) is -1.02. The molecule has 3 fully saturated rings. The van der Waals surface area contributed by atoms with Crippen LogP contribution in [-0.2, 0) is 33.2 Å². The van der Waals surface area contributed by atoms with Gasteiger partial charge in [-0.25, -0.2) is 0 Å². The zero-order chi connectivity index (χ0) is 65.4. The first kappa shape index (κ1) is 80.7. The summed E-state index contributed by atoms with van der Waals surface area (Å²) in [6.45, 7) is 1.56. The number of hydrogen-bond acceptors (Lipinski definition) is 18. The van der Waals surface area contributed by atoms with E-state index in [-0.39, 0.29) is 12.3 Å². The third-order valence-electron chi connectivity index (χ3n) is 16.3. The van der Waals surface area contributed by atoms with Crippen molar-refractivity contribution in [2.75, 3.05) is 26.4 Å². The minimum atomic E-state index is -1.99. The van der Waals surface area contributed by atoms with Crippen LogP contribution in [0.1, 0.15) is 200 Å². The van der Waals surface area contributed by atoms with Crippen molar-refractivity contribution in [3.63, 3.8) is 0 Å². The molecule has 19 heteroatoms. The highest BCUT2D eigenvalue weighted by Gasteiger charge is 2.53. The summed E-state index contributed by atoms with van der Waals surface area (Å²) in [4.78, 5) is 13.4. The molecule has 0 aliphatic carbocycles. The van der Waals surface area contributed by atoms with Crippen molar-refractivity contribution >= 4 is 5.91 Å². The summed E-state index contributed by atoms with van der Waals surface area (Å²) in [5.74, 6) is -0.318. The quantitative estimate of drug-likeness (QED) is 0.0200. The molecular formula is C71H119NO18. The van der Waals surface area contributed by atoms with Crippen LogP contribution in [0.2, 0.25) is 0 Å². The summed E-state index contributed by atoms with van der Waals surface area (Å²) in [7, 11) is 0. The molecular weight excluding hydrogens is 1150 g/mol. The van der Waals surface area contributed by atoms with E-state index in [9.17, 15) is 61.0 Å². The number of amides is 1. The summed E-state index contributed by atoms with van der Waals surface area (Å²) in [5.41, 5.74) is 0. The average molecular weight is 1270 g/mol. The Morgan fingerprint density at radius 2 is 0.778 bits per heavy atom. The lowest BCUT2D eigenvalue weighted by molar-refractivity contribution is -0.379. The number of aliphatic hydroxyl groups excluding tert-OH is 11. The van der Waals surface area contributed by atoms with E-state index in [1.165, 1.54) is 77.0 Å². The number of hydrogen-bond donors (Lipinski definition) is 12. The molecule has 17 atom stereocenters. The van der Waals surface area contributed by atoms with Crippen LogP contribution in [0.3, 0.4) is 0 Å². The second kappa shape index (κ2) is 51.8. The minimum Gasteiger partial charge on any atom is -0.394 e. The van der Waals surface area contributed by atoms with Gasteiger partial charge in [-0.15, -0.1) is 0 Å². The fraction of sp³-hybridized carbons (Fsp3) is 0.732. The van der Waals surface area contributed by atoms with Crippen molar-refractivity contribution in [2.45, 2.75) is 304 Å². The van der Waals surface area contributed by atoms with Gasteiger partial charge < -0.3 is 89.9 Å². The van der Waals surface area contributed by atoms with Gasteiger partial charge in [-0.05, 0) is 96.3 Å². The van der Waals surface area contributed by atoms with E-state index in [1.807, 2.05) is 6.08 Å². The van der Waals surface area contributed by atoms with Crippen molar-refractivity contribution in [1.82, 2.24) is 5.32 Å². The van der Waals surface area contributed by atoms with Gasteiger partial charge in [0.2, 0.25) is 5.91 Å². The van der Waals surface area contributed by atoms with E-state index in [2.05, 4.69) is 116 Å². The molecule has 3 aliphatic heterocycles. The first-order valence-electron chi connectivity index (χ1n) is 34.1. The van der Waals surface area contributed by atoms with Crippen LogP contribution in [0, 0.1) is 0 Å². The molecule has 19 nitrogen and oxygen atoms in total. The lowest BCUT2D eigenvalue weighted by Crippen LogP contribution is -2.66.